The van der Waals surface area contributed by atoms with Gasteiger partial charge >= 0.3 is 0 Å². The maximum absolute atomic E-state index is 13.3. The predicted octanol–water partition coefficient (Wildman–Crippen LogP) is 3.21. The van der Waals surface area contributed by atoms with Crippen LogP contribution in [0.15, 0.2) is 47.5 Å². The van der Waals surface area contributed by atoms with Crippen LogP contribution < -0.4 is 10.2 Å². The highest BCUT2D eigenvalue weighted by atomic mass is 19.1. The van der Waals surface area contributed by atoms with Gasteiger partial charge in [0.25, 0.3) is 0 Å². The van der Waals surface area contributed by atoms with Gasteiger partial charge in [-0.2, -0.15) is 0 Å². The molecule has 1 fully saturated rings. The number of hydrogen-bond acceptors (Lipinski definition) is 4. The van der Waals surface area contributed by atoms with Crippen LogP contribution in [0.2, 0.25) is 0 Å². The molecule has 2 aromatic rings. The number of aliphatic imine (C=N–C) groups is 1. The van der Waals surface area contributed by atoms with Crippen molar-refractivity contribution in [3.05, 3.63) is 59.5 Å². The summed E-state index contributed by atoms with van der Waals surface area (Å²) in [6, 6.07) is 12.5. The van der Waals surface area contributed by atoms with Gasteiger partial charge in [0.05, 0.1) is 24.9 Å². The monoisotopic (exact) mass is 399 g/mol. The molecule has 6 nitrogen and oxygen atoms in total. The average Bonchev–Trinajstić information content (AvgIpc) is 2.71. The van der Waals surface area contributed by atoms with Crippen molar-refractivity contribution in [2.75, 3.05) is 38.6 Å². The Morgan fingerprint density at radius 1 is 1.24 bits per heavy atom. The second-order valence-electron chi connectivity index (χ2n) is 7.44. The smallest absolute Gasteiger partial charge is 0.194 e. The number of guanidine groups is 1. The van der Waals surface area contributed by atoms with Crippen LogP contribution in [0, 0.1) is 5.82 Å². The number of rotatable bonds is 5. The lowest BCUT2D eigenvalue weighted by Crippen LogP contribution is -2.50. The van der Waals surface area contributed by atoms with Crippen LogP contribution >= 0.6 is 0 Å². The van der Waals surface area contributed by atoms with E-state index >= 15 is 0 Å². The fourth-order valence-electron chi connectivity index (χ4n) is 3.37. The second kappa shape index (κ2) is 9.69. The van der Waals surface area contributed by atoms with Crippen LogP contribution in [-0.2, 0) is 11.3 Å². The molecule has 3 rings (SSSR count). The summed E-state index contributed by atoms with van der Waals surface area (Å²) in [6.45, 7) is 6.78. The van der Waals surface area contributed by atoms with Gasteiger partial charge in [-0.25, -0.2) is 14.4 Å². The first-order chi connectivity index (χ1) is 14.0. The van der Waals surface area contributed by atoms with E-state index in [1.165, 1.54) is 12.1 Å². The zero-order valence-corrected chi connectivity index (χ0v) is 17.6. The molecule has 2 heterocycles. The molecule has 156 valence electrons. The number of pyridine rings is 1. The number of hydrogen-bond donors (Lipinski definition) is 1. The Hall–Kier alpha value is -2.67. The molecule has 1 saturated heterocycles. The maximum Gasteiger partial charge on any atom is 0.194 e. The van der Waals surface area contributed by atoms with Crippen LogP contribution in [0.1, 0.15) is 31.2 Å². The van der Waals surface area contributed by atoms with Gasteiger partial charge in [0.1, 0.15) is 17.7 Å². The molecule has 2 atom stereocenters. The van der Waals surface area contributed by atoms with E-state index in [1.807, 2.05) is 44.1 Å². The third-order valence-electron chi connectivity index (χ3n) is 4.78. The summed E-state index contributed by atoms with van der Waals surface area (Å²) in [5.41, 5.74) is 1.89. The maximum atomic E-state index is 13.3. The molecule has 0 bridgehead atoms. The Balaban J connectivity index is 1.77. The van der Waals surface area contributed by atoms with Gasteiger partial charge in [-0.05, 0) is 43.7 Å². The van der Waals surface area contributed by atoms with Gasteiger partial charge in [-0.3, -0.25) is 0 Å². The lowest BCUT2D eigenvalue weighted by Gasteiger charge is -2.38. The lowest BCUT2D eigenvalue weighted by atomic mass is 10.1. The summed E-state index contributed by atoms with van der Waals surface area (Å²) in [6.07, 6.45) is -0.0868. The fourth-order valence-corrected chi connectivity index (χ4v) is 3.37. The molecule has 29 heavy (non-hydrogen) atoms. The van der Waals surface area contributed by atoms with Crippen LogP contribution in [0.25, 0.3) is 0 Å². The summed E-state index contributed by atoms with van der Waals surface area (Å²) < 4.78 is 19.4. The molecule has 0 saturated carbocycles. The van der Waals surface area contributed by atoms with Crippen molar-refractivity contribution in [3.63, 3.8) is 0 Å². The number of morpholine rings is 1. The normalized spacial score (nSPS) is 19.9. The molecule has 1 aliphatic rings. The quantitative estimate of drug-likeness (QED) is 0.618. The second-order valence-corrected chi connectivity index (χ2v) is 7.44. The Labute approximate surface area is 172 Å². The summed E-state index contributed by atoms with van der Waals surface area (Å²) in [7, 11) is 3.95. The SMILES string of the molecule is CCNC(=NCc1cccc(N(C)C)n1)N1CC(C)OC(c2ccc(F)cc2)C1. The van der Waals surface area contributed by atoms with Crippen LogP contribution in [0.3, 0.4) is 0 Å². The Morgan fingerprint density at radius 2 is 2.00 bits per heavy atom. The van der Waals surface area contributed by atoms with E-state index in [2.05, 4.69) is 22.1 Å². The van der Waals surface area contributed by atoms with E-state index in [-0.39, 0.29) is 18.0 Å². The molecule has 1 aromatic carbocycles. The third kappa shape index (κ3) is 5.67. The Kier molecular flexibility index (Phi) is 7.04. The van der Waals surface area contributed by atoms with Gasteiger partial charge in [0.2, 0.25) is 0 Å². The molecule has 0 radical (unpaired) electrons. The molecule has 1 aliphatic heterocycles. The number of ether oxygens (including phenoxy) is 1. The highest BCUT2D eigenvalue weighted by Gasteiger charge is 2.28. The Morgan fingerprint density at radius 3 is 2.69 bits per heavy atom. The van der Waals surface area contributed by atoms with Crippen molar-refractivity contribution in [1.82, 2.24) is 15.2 Å². The minimum absolute atomic E-state index is 0.0397. The summed E-state index contributed by atoms with van der Waals surface area (Å²) >= 11 is 0. The number of nitrogens with one attached hydrogen (secondary N) is 1. The zero-order chi connectivity index (χ0) is 20.8. The first-order valence-electron chi connectivity index (χ1n) is 10.0. The number of aromatic nitrogens is 1. The summed E-state index contributed by atoms with van der Waals surface area (Å²) in [5, 5.41) is 3.38. The van der Waals surface area contributed by atoms with Crippen molar-refractivity contribution in [2.45, 2.75) is 32.6 Å². The van der Waals surface area contributed by atoms with E-state index in [1.54, 1.807) is 12.1 Å². The molecule has 7 heteroatoms. The minimum atomic E-state index is -0.239. The van der Waals surface area contributed by atoms with E-state index in [0.717, 1.165) is 36.1 Å². The Bertz CT molecular complexity index is 824. The molecule has 0 spiro atoms. The number of halogens is 1. The van der Waals surface area contributed by atoms with Crippen LogP contribution in [0.4, 0.5) is 10.2 Å². The van der Waals surface area contributed by atoms with E-state index in [4.69, 9.17) is 9.73 Å². The molecule has 1 aromatic heterocycles. The van der Waals surface area contributed by atoms with Crippen molar-refractivity contribution < 1.29 is 9.13 Å². The lowest BCUT2D eigenvalue weighted by molar-refractivity contribution is -0.0605. The van der Waals surface area contributed by atoms with Crippen molar-refractivity contribution in [1.29, 1.82) is 0 Å². The van der Waals surface area contributed by atoms with Crippen LogP contribution in [0.5, 0.6) is 0 Å². The number of anilines is 1. The number of nitrogens with zero attached hydrogens (tertiary/aromatic N) is 4. The fraction of sp³-hybridized carbons (Fsp3) is 0.455. The minimum Gasteiger partial charge on any atom is -0.367 e. The summed E-state index contributed by atoms with van der Waals surface area (Å²) in [5.74, 6) is 1.52. The molecule has 0 aliphatic carbocycles. The van der Waals surface area contributed by atoms with Gasteiger partial charge < -0.3 is 19.9 Å². The molecule has 0 amide bonds. The van der Waals surface area contributed by atoms with Crippen molar-refractivity contribution >= 4 is 11.8 Å². The van der Waals surface area contributed by atoms with Gasteiger partial charge in [0, 0.05) is 27.2 Å². The van der Waals surface area contributed by atoms with E-state index < -0.39 is 0 Å². The van der Waals surface area contributed by atoms with Gasteiger partial charge in [-0.1, -0.05) is 18.2 Å². The first-order valence-corrected chi connectivity index (χ1v) is 10.0. The zero-order valence-electron chi connectivity index (χ0n) is 17.6. The molecule has 2 unspecified atom stereocenters. The van der Waals surface area contributed by atoms with Gasteiger partial charge in [-0.15, -0.1) is 0 Å². The van der Waals surface area contributed by atoms with E-state index in [0.29, 0.717) is 13.1 Å². The average molecular weight is 400 g/mol. The van der Waals surface area contributed by atoms with Crippen LogP contribution in [-0.4, -0.2) is 55.7 Å². The largest absolute Gasteiger partial charge is 0.367 e. The summed E-state index contributed by atoms with van der Waals surface area (Å²) in [4.78, 5) is 13.7. The van der Waals surface area contributed by atoms with Gasteiger partial charge in [0.15, 0.2) is 5.96 Å². The predicted molar refractivity (Wildman–Crippen MR) is 115 cm³/mol. The van der Waals surface area contributed by atoms with Crippen molar-refractivity contribution in [2.24, 2.45) is 4.99 Å². The topological polar surface area (TPSA) is 53.0 Å². The molecule has 1 N–H and O–H groups in total. The standard InChI is InChI=1S/C22H30FN5O/c1-5-24-22(25-13-19-7-6-8-21(26-19)27(3)4)28-14-16(2)29-20(15-28)17-9-11-18(23)12-10-17/h6-12,16,20H,5,13-15H2,1-4H3,(H,24,25). The molecular weight excluding hydrogens is 369 g/mol. The third-order valence-corrected chi connectivity index (χ3v) is 4.78. The van der Waals surface area contributed by atoms with Crippen molar-refractivity contribution in [3.8, 4) is 0 Å². The molecular formula is C22H30FN5O. The number of benzene rings is 1. The highest BCUT2D eigenvalue weighted by molar-refractivity contribution is 5.80. The first kappa shape index (κ1) is 21.0. The van der Waals surface area contributed by atoms with E-state index in [9.17, 15) is 4.39 Å². The highest BCUT2D eigenvalue weighted by Crippen LogP contribution is 2.25.